The van der Waals surface area contributed by atoms with Crippen molar-refractivity contribution in [3.05, 3.63) is 42.5 Å². The number of hydrogen-bond acceptors (Lipinski definition) is 3. The first-order valence-electron chi connectivity index (χ1n) is 7.46. The SMILES string of the molecule is CCCC1COCCN1Nc1ccc2ccccc2c1. The number of hydrazine groups is 1. The zero-order valence-corrected chi connectivity index (χ0v) is 12.0. The predicted molar refractivity (Wildman–Crippen MR) is 83.8 cm³/mol. The van der Waals surface area contributed by atoms with Crippen molar-refractivity contribution in [2.75, 3.05) is 25.2 Å². The summed E-state index contributed by atoms with van der Waals surface area (Å²) in [6, 6.07) is 15.5. The predicted octanol–water partition coefficient (Wildman–Crippen LogP) is 3.67. The van der Waals surface area contributed by atoms with E-state index < -0.39 is 0 Å². The average Bonchev–Trinajstić information content (AvgIpc) is 2.49. The lowest BCUT2D eigenvalue weighted by Gasteiger charge is -2.36. The van der Waals surface area contributed by atoms with Gasteiger partial charge in [0, 0.05) is 12.2 Å². The molecule has 1 saturated heterocycles. The molecule has 1 fully saturated rings. The second kappa shape index (κ2) is 6.25. The molecule has 1 atom stereocenters. The van der Waals surface area contributed by atoms with Crippen molar-refractivity contribution < 1.29 is 4.74 Å². The molecule has 0 bridgehead atoms. The van der Waals surface area contributed by atoms with Crippen LogP contribution in [0.5, 0.6) is 0 Å². The smallest absolute Gasteiger partial charge is 0.0640 e. The summed E-state index contributed by atoms with van der Waals surface area (Å²) < 4.78 is 5.59. The van der Waals surface area contributed by atoms with E-state index >= 15 is 0 Å². The van der Waals surface area contributed by atoms with Crippen LogP contribution in [0.15, 0.2) is 42.5 Å². The molecular formula is C17H22N2O. The minimum absolute atomic E-state index is 0.472. The second-order valence-electron chi connectivity index (χ2n) is 5.38. The van der Waals surface area contributed by atoms with Gasteiger partial charge in [0.2, 0.25) is 0 Å². The summed E-state index contributed by atoms with van der Waals surface area (Å²) in [6.07, 6.45) is 2.35. The van der Waals surface area contributed by atoms with Gasteiger partial charge in [0.1, 0.15) is 0 Å². The summed E-state index contributed by atoms with van der Waals surface area (Å²) >= 11 is 0. The van der Waals surface area contributed by atoms with Gasteiger partial charge in [-0.05, 0) is 29.3 Å². The first kappa shape index (κ1) is 13.4. The second-order valence-corrected chi connectivity index (χ2v) is 5.38. The largest absolute Gasteiger partial charge is 0.378 e. The molecule has 0 radical (unpaired) electrons. The summed E-state index contributed by atoms with van der Waals surface area (Å²) in [7, 11) is 0. The number of anilines is 1. The number of benzene rings is 2. The number of morpholine rings is 1. The molecule has 1 heterocycles. The Labute approximate surface area is 120 Å². The lowest BCUT2D eigenvalue weighted by atomic mass is 10.1. The molecule has 3 rings (SSSR count). The minimum atomic E-state index is 0.472. The van der Waals surface area contributed by atoms with E-state index in [1.165, 1.54) is 23.6 Å². The summed E-state index contributed by atoms with van der Waals surface area (Å²) in [5.41, 5.74) is 4.72. The number of nitrogens with one attached hydrogen (secondary N) is 1. The molecular weight excluding hydrogens is 248 g/mol. The molecule has 1 unspecified atom stereocenters. The molecule has 1 aliphatic heterocycles. The Balaban J connectivity index is 1.77. The van der Waals surface area contributed by atoms with E-state index in [2.05, 4.69) is 59.8 Å². The molecule has 3 nitrogen and oxygen atoms in total. The van der Waals surface area contributed by atoms with E-state index in [-0.39, 0.29) is 0 Å². The Morgan fingerprint density at radius 1 is 1.20 bits per heavy atom. The Morgan fingerprint density at radius 3 is 2.90 bits per heavy atom. The molecule has 2 aromatic rings. The van der Waals surface area contributed by atoms with Gasteiger partial charge in [-0.1, -0.05) is 43.7 Å². The summed E-state index contributed by atoms with van der Waals surface area (Å²) in [6.45, 7) is 4.80. The van der Waals surface area contributed by atoms with Gasteiger partial charge in [0.15, 0.2) is 0 Å². The minimum Gasteiger partial charge on any atom is -0.378 e. The zero-order chi connectivity index (χ0) is 13.8. The van der Waals surface area contributed by atoms with Crippen molar-refractivity contribution in [1.29, 1.82) is 0 Å². The number of fused-ring (bicyclic) bond motifs is 1. The van der Waals surface area contributed by atoms with E-state index in [0.29, 0.717) is 6.04 Å². The molecule has 1 N–H and O–H groups in total. The molecule has 0 aliphatic carbocycles. The van der Waals surface area contributed by atoms with Crippen LogP contribution in [0.2, 0.25) is 0 Å². The van der Waals surface area contributed by atoms with Crippen LogP contribution in [0.1, 0.15) is 19.8 Å². The van der Waals surface area contributed by atoms with Gasteiger partial charge < -0.3 is 10.2 Å². The Hall–Kier alpha value is -1.58. The number of rotatable bonds is 4. The molecule has 106 valence electrons. The molecule has 0 spiro atoms. The maximum absolute atomic E-state index is 5.59. The highest BCUT2D eigenvalue weighted by Crippen LogP contribution is 2.21. The molecule has 1 aliphatic rings. The fraction of sp³-hybridized carbons (Fsp3) is 0.412. The van der Waals surface area contributed by atoms with Gasteiger partial charge >= 0.3 is 0 Å². The topological polar surface area (TPSA) is 24.5 Å². The summed E-state index contributed by atoms with van der Waals surface area (Å²) in [5, 5.41) is 4.89. The summed E-state index contributed by atoms with van der Waals surface area (Å²) in [4.78, 5) is 0. The van der Waals surface area contributed by atoms with Crippen LogP contribution in [0.25, 0.3) is 10.8 Å². The number of hydrogen-bond donors (Lipinski definition) is 1. The molecule has 0 aromatic heterocycles. The monoisotopic (exact) mass is 270 g/mol. The maximum atomic E-state index is 5.59. The Morgan fingerprint density at radius 2 is 2.05 bits per heavy atom. The third kappa shape index (κ3) is 2.94. The highest BCUT2D eigenvalue weighted by atomic mass is 16.5. The fourth-order valence-electron chi connectivity index (χ4n) is 2.80. The van der Waals surface area contributed by atoms with Crippen LogP contribution in [0.3, 0.4) is 0 Å². The highest BCUT2D eigenvalue weighted by Gasteiger charge is 2.22. The van der Waals surface area contributed by atoms with Gasteiger partial charge in [-0.2, -0.15) is 0 Å². The van der Waals surface area contributed by atoms with Crippen molar-refractivity contribution in [3.8, 4) is 0 Å². The zero-order valence-electron chi connectivity index (χ0n) is 12.0. The maximum Gasteiger partial charge on any atom is 0.0640 e. The molecule has 0 saturated carbocycles. The first-order valence-corrected chi connectivity index (χ1v) is 7.46. The highest BCUT2D eigenvalue weighted by molar-refractivity contribution is 5.85. The molecule has 3 heteroatoms. The normalized spacial score (nSPS) is 20.1. The first-order chi connectivity index (χ1) is 9.86. The van der Waals surface area contributed by atoms with Crippen LogP contribution in [-0.2, 0) is 4.74 Å². The van der Waals surface area contributed by atoms with Gasteiger partial charge in [0.25, 0.3) is 0 Å². The van der Waals surface area contributed by atoms with Crippen LogP contribution >= 0.6 is 0 Å². The lowest BCUT2D eigenvalue weighted by molar-refractivity contribution is 0.00215. The van der Waals surface area contributed by atoms with Crippen LogP contribution < -0.4 is 5.43 Å². The molecule has 2 aromatic carbocycles. The van der Waals surface area contributed by atoms with Gasteiger partial charge in [0.05, 0.1) is 19.3 Å². The third-order valence-electron chi connectivity index (χ3n) is 3.87. The van der Waals surface area contributed by atoms with Gasteiger partial charge in [-0.15, -0.1) is 0 Å². The van der Waals surface area contributed by atoms with Crippen molar-refractivity contribution in [3.63, 3.8) is 0 Å². The van der Waals surface area contributed by atoms with Crippen molar-refractivity contribution >= 4 is 16.5 Å². The van der Waals surface area contributed by atoms with Gasteiger partial charge in [-0.25, -0.2) is 5.01 Å². The third-order valence-corrected chi connectivity index (χ3v) is 3.87. The quantitative estimate of drug-likeness (QED) is 0.917. The number of nitrogens with zero attached hydrogens (tertiary/aromatic N) is 1. The lowest BCUT2D eigenvalue weighted by Crippen LogP contribution is -2.48. The average molecular weight is 270 g/mol. The van der Waals surface area contributed by atoms with Crippen molar-refractivity contribution in [2.24, 2.45) is 0 Å². The van der Waals surface area contributed by atoms with Crippen LogP contribution in [0, 0.1) is 0 Å². The van der Waals surface area contributed by atoms with Gasteiger partial charge in [-0.3, -0.25) is 0 Å². The van der Waals surface area contributed by atoms with E-state index in [4.69, 9.17) is 4.74 Å². The van der Waals surface area contributed by atoms with E-state index in [9.17, 15) is 0 Å². The summed E-state index contributed by atoms with van der Waals surface area (Å²) in [5.74, 6) is 0. The van der Waals surface area contributed by atoms with E-state index in [1.54, 1.807) is 0 Å². The van der Waals surface area contributed by atoms with Crippen molar-refractivity contribution in [1.82, 2.24) is 5.01 Å². The Kier molecular flexibility index (Phi) is 4.19. The van der Waals surface area contributed by atoms with E-state index in [1.807, 2.05) is 0 Å². The van der Waals surface area contributed by atoms with Crippen LogP contribution in [-0.4, -0.2) is 30.8 Å². The molecule has 20 heavy (non-hydrogen) atoms. The van der Waals surface area contributed by atoms with E-state index in [0.717, 1.165) is 25.4 Å². The molecule has 0 amide bonds. The fourth-order valence-corrected chi connectivity index (χ4v) is 2.80. The van der Waals surface area contributed by atoms with Crippen LogP contribution in [0.4, 0.5) is 5.69 Å². The standard InChI is InChI=1S/C17H22N2O/c1-2-5-17-13-20-11-10-19(17)18-16-9-8-14-6-3-4-7-15(14)12-16/h3-4,6-9,12,17-18H,2,5,10-11,13H2,1H3. The Bertz CT molecular complexity index is 568. The van der Waals surface area contributed by atoms with Crippen molar-refractivity contribution in [2.45, 2.75) is 25.8 Å². The number of ether oxygens (including phenoxy) is 1.